The summed E-state index contributed by atoms with van der Waals surface area (Å²) < 4.78 is 9.27. The molecule has 0 bridgehead atoms. The first-order valence-corrected chi connectivity index (χ1v) is 19.5. The van der Waals surface area contributed by atoms with Crippen molar-refractivity contribution in [2.45, 2.75) is 0 Å². The first-order chi connectivity index (χ1) is 27.7. The first-order valence-electron chi connectivity index (χ1n) is 18.7. The van der Waals surface area contributed by atoms with Crippen molar-refractivity contribution in [1.29, 1.82) is 0 Å². The lowest BCUT2D eigenvalue weighted by molar-refractivity contribution is 0.670. The van der Waals surface area contributed by atoms with Crippen LogP contribution in [-0.4, -0.2) is 15.0 Å². The predicted molar refractivity (Wildman–Crippen MR) is 233 cm³/mol. The molecule has 56 heavy (non-hydrogen) atoms. The van der Waals surface area contributed by atoms with E-state index in [1.807, 2.05) is 66.1 Å². The standard InChI is InChI=1S/C51H31N3OS/c1-2-11-33(12-3-1)44-31-45(54-51(53-44)37-14-10-13-36(29-37)43-17-8-9-28-52-43)34-22-20-32(21-23-34)38-26-27-39(50-49(38)42-16-4-6-18-46(42)55-50)35-24-25-41-40-15-5-7-19-47(40)56-48(41)30-35/h1-31H. The molecule has 0 aliphatic rings. The average molecular weight is 734 g/mol. The third-order valence-corrected chi connectivity index (χ3v) is 11.7. The summed E-state index contributed by atoms with van der Waals surface area (Å²) in [6.45, 7) is 0. The summed E-state index contributed by atoms with van der Waals surface area (Å²) in [5.74, 6) is 0.666. The van der Waals surface area contributed by atoms with Gasteiger partial charge >= 0.3 is 0 Å². The number of aromatic nitrogens is 3. The highest BCUT2D eigenvalue weighted by molar-refractivity contribution is 7.25. The number of para-hydroxylation sites is 1. The highest BCUT2D eigenvalue weighted by Crippen LogP contribution is 2.44. The fourth-order valence-corrected chi connectivity index (χ4v) is 8.99. The molecule has 0 spiro atoms. The number of fused-ring (bicyclic) bond motifs is 6. The molecule has 0 atom stereocenters. The molecule has 0 saturated carbocycles. The summed E-state index contributed by atoms with van der Waals surface area (Å²) >= 11 is 1.84. The van der Waals surface area contributed by atoms with Crippen molar-refractivity contribution in [3.63, 3.8) is 0 Å². The van der Waals surface area contributed by atoms with Gasteiger partial charge in [-0.1, -0.05) is 133 Å². The number of thiophene rings is 1. The van der Waals surface area contributed by atoms with Gasteiger partial charge in [-0.2, -0.15) is 0 Å². The Kier molecular flexibility index (Phi) is 7.64. The molecule has 11 aromatic rings. The maximum absolute atomic E-state index is 6.69. The Morgan fingerprint density at radius 3 is 1.89 bits per heavy atom. The number of rotatable bonds is 6. The minimum absolute atomic E-state index is 0.666. The van der Waals surface area contributed by atoms with E-state index in [1.54, 1.807) is 0 Å². The van der Waals surface area contributed by atoms with Crippen LogP contribution in [0, 0.1) is 0 Å². The van der Waals surface area contributed by atoms with Gasteiger partial charge in [-0.25, -0.2) is 9.97 Å². The van der Waals surface area contributed by atoms with Crippen molar-refractivity contribution in [3.05, 3.63) is 188 Å². The zero-order valence-electron chi connectivity index (χ0n) is 30.1. The first kappa shape index (κ1) is 32.2. The number of benzene rings is 7. The van der Waals surface area contributed by atoms with Gasteiger partial charge in [-0.05, 0) is 65.2 Å². The van der Waals surface area contributed by atoms with Crippen LogP contribution in [0.25, 0.3) is 110 Å². The van der Waals surface area contributed by atoms with Crippen LogP contribution in [0.3, 0.4) is 0 Å². The van der Waals surface area contributed by atoms with Crippen LogP contribution in [0.1, 0.15) is 0 Å². The highest BCUT2D eigenvalue weighted by Gasteiger charge is 2.19. The lowest BCUT2D eigenvalue weighted by atomic mass is 9.93. The van der Waals surface area contributed by atoms with Crippen LogP contribution in [0.4, 0.5) is 0 Å². The molecule has 11 rings (SSSR count). The minimum Gasteiger partial charge on any atom is -0.455 e. The van der Waals surface area contributed by atoms with E-state index >= 15 is 0 Å². The molecule has 0 aliphatic carbocycles. The van der Waals surface area contributed by atoms with E-state index in [2.05, 4.69) is 138 Å². The van der Waals surface area contributed by atoms with Crippen molar-refractivity contribution < 1.29 is 4.42 Å². The Labute approximate surface area is 327 Å². The van der Waals surface area contributed by atoms with Gasteiger partial charge in [0.1, 0.15) is 11.2 Å². The lowest BCUT2D eigenvalue weighted by Gasteiger charge is -2.12. The zero-order valence-corrected chi connectivity index (χ0v) is 30.9. The quantitative estimate of drug-likeness (QED) is 0.171. The van der Waals surface area contributed by atoms with Crippen molar-refractivity contribution in [3.8, 4) is 67.4 Å². The molecule has 0 radical (unpaired) electrons. The number of hydrogen-bond acceptors (Lipinski definition) is 5. The van der Waals surface area contributed by atoms with Crippen molar-refractivity contribution in [1.82, 2.24) is 15.0 Å². The highest BCUT2D eigenvalue weighted by atomic mass is 32.1. The van der Waals surface area contributed by atoms with Gasteiger partial charge in [0, 0.05) is 65.0 Å². The number of pyridine rings is 1. The van der Waals surface area contributed by atoms with Gasteiger partial charge in [0.05, 0.1) is 17.1 Å². The van der Waals surface area contributed by atoms with Crippen LogP contribution in [0.2, 0.25) is 0 Å². The Balaban J connectivity index is 1.02. The molecular formula is C51H31N3OS. The third-order valence-electron chi connectivity index (χ3n) is 10.6. The van der Waals surface area contributed by atoms with Crippen molar-refractivity contribution in [2.24, 2.45) is 0 Å². The second-order valence-corrected chi connectivity index (χ2v) is 15.1. The average Bonchev–Trinajstić information content (AvgIpc) is 3.85. The van der Waals surface area contributed by atoms with Gasteiger partial charge in [-0.15, -0.1) is 11.3 Å². The summed E-state index contributed by atoms with van der Waals surface area (Å²) in [4.78, 5) is 14.8. The van der Waals surface area contributed by atoms with E-state index in [9.17, 15) is 0 Å². The van der Waals surface area contributed by atoms with Crippen LogP contribution < -0.4 is 0 Å². The summed E-state index contributed by atoms with van der Waals surface area (Å²) in [7, 11) is 0. The van der Waals surface area contributed by atoms with Crippen molar-refractivity contribution >= 4 is 53.4 Å². The summed E-state index contributed by atoms with van der Waals surface area (Å²) in [5.41, 5.74) is 12.9. The normalized spacial score (nSPS) is 11.6. The molecule has 5 heteroatoms. The number of furan rings is 1. The fourth-order valence-electron chi connectivity index (χ4n) is 7.84. The van der Waals surface area contributed by atoms with E-state index in [-0.39, 0.29) is 0 Å². The summed E-state index contributed by atoms with van der Waals surface area (Å²) in [6, 6.07) is 63.6. The van der Waals surface area contributed by atoms with E-state index in [1.165, 1.54) is 20.2 Å². The Morgan fingerprint density at radius 1 is 0.393 bits per heavy atom. The van der Waals surface area contributed by atoms with Crippen molar-refractivity contribution in [2.75, 3.05) is 0 Å². The van der Waals surface area contributed by atoms with E-state index in [0.717, 1.165) is 83.5 Å². The number of nitrogens with zero attached hydrogens (tertiary/aromatic N) is 3. The topological polar surface area (TPSA) is 51.8 Å². The molecule has 0 amide bonds. The Morgan fingerprint density at radius 2 is 1.05 bits per heavy atom. The van der Waals surface area contributed by atoms with Crippen LogP contribution in [0.15, 0.2) is 193 Å². The second-order valence-electron chi connectivity index (χ2n) is 14.0. The predicted octanol–water partition coefficient (Wildman–Crippen LogP) is 14.1. The largest absolute Gasteiger partial charge is 0.455 e. The molecule has 4 aromatic heterocycles. The van der Waals surface area contributed by atoms with E-state index in [0.29, 0.717) is 5.82 Å². The molecule has 7 aromatic carbocycles. The molecule has 0 aliphatic heterocycles. The molecular weight excluding hydrogens is 703 g/mol. The van der Waals surface area contributed by atoms with Gasteiger partial charge < -0.3 is 4.42 Å². The molecule has 4 nitrogen and oxygen atoms in total. The maximum atomic E-state index is 6.69. The lowest BCUT2D eigenvalue weighted by Crippen LogP contribution is -1.96. The fraction of sp³-hybridized carbons (Fsp3) is 0. The SMILES string of the molecule is c1ccc(-c2cc(-c3ccc(-c4ccc(-c5ccc6c(c5)sc5ccccc56)c5oc6ccccc6c45)cc3)nc(-c3cccc(-c4ccccn4)c3)n2)cc1. The molecule has 0 N–H and O–H groups in total. The number of hydrogen-bond donors (Lipinski definition) is 0. The van der Waals surface area contributed by atoms with Crippen LogP contribution in [0.5, 0.6) is 0 Å². The molecule has 0 unspecified atom stereocenters. The van der Waals surface area contributed by atoms with E-state index in [4.69, 9.17) is 14.4 Å². The Hall–Kier alpha value is -7.21. The Bertz CT molecular complexity index is 3240. The smallest absolute Gasteiger partial charge is 0.160 e. The molecule has 0 saturated heterocycles. The molecule has 262 valence electrons. The molecule has 4 heterocycles. The van der Waals surface area contributed by atoms with Gasteiger partial charge in [0.25, 0.3) is 0 Å². The summed E-state index contributed by atoms with van der Waals surface area (Å²) in [6.07, 6.45) is 1.82. The maximum Gasteiger partial charge on any atom is 0.160 e. The van der Waals surface area contributed by atoms with Gasteiger partial charge in [0.2, 0.25) is 0 Å². The van der Waals surface area contributed by atoms with E-state index < -0.39 is 0 Å². The minimum atomic E-state index is 0.666. The molecule has 0 fully saturated rings. The van der Waals surface area contributed by atoms with Gasteiger partial charge in [-0.3, -0.25) is 4.98 Å². The monoisotopic (exact) mass is 733 g/mol. The third kappa shape index (κ3) is 5.56. The van der Waals surface area contributed by atoms with Crippen LogP contribution in [-0.2, 0) is 0 Å². The van der Waals surface area contributed by atoms with Gasteiger partial charge in [0.15, 0.2) is 5.82 Å². The summed E-state index contributed by atoms with van der Waals surface area (Å²) in [5, 5.41) is 4.81. The van der Waals surface area contributed by atoms with Crippen LogP contribution >= 0.6 is 11.3 Å². The zero-order chi connectivity index (χ0) is 37.0. The second kappa shape index (κ2) is 13.3.